The monoisotopic (exact) mass is 453 g/mol. The summed E-state index contributed by atoms with van der Waals surface area (Å²) in [6.07, 6.45) is 0.760. The number of carbonyl (C=O) groups is 2. The first-order valence-electron chi connectivity index (χ1n) is 11.2. The lowest BCUT2D eigenvalue weighted by Gasteiger charge is -2.21. The van der Waals surface area contributed by atoms with Gasteiger partial charge in [0.15, 0.2) is 0 Å². The van der Waals surface area contributed by atoms with E-state index < -0.39 is 5.97 Å². The predicted octanol–water partition coefficient (Wildman–Crippen LogP) is 5.41. The molecule has 3 aromatic carbocycles. The van der Waals surface area contributed by atoms with Crippen molar-refractivity contribution in [2.75, 3.05) is 0 Å². The molecule has 1 aromatic heterocycles. The van der Waals surface area contributed by atoms with E-state index in [-0.39, 0.29) is 29.1 Å². The normalized spacial score (nSPS) is 11.4. The van der Waals surface area contributed by atoms with Crippen LogP contribution in [0.5, 0.6) is 0 Å². The number of carboxylic acid groups (broad SMARTS) is 1. The van der Waals surface area contributed by atoms with Crippen LogP contribution in [-0.4, -0.2) is 31.6 Å². The Kier molecular flexibility index (Phi) is 6.41. The molecule has 4 aromatic rings. The molecule has 0 saturated carbocycles. The van der Waals surface area contributed by atoms with Crippen LogP contribution in [0.4, 0.5) is 0 Å². The van der Waals surface area contributed by atoms with Crippen molar-refractivity contribution in [2.24, 2.45) is 0 Å². The van der Waals surface area contributed by atoms with Crippen molar-refractivity contribution in [3.8, 4) is 11.1 Å². The van der Waals surface area contributed by atoms with Crippen molar-refractivity contribution in [1.29, 1.82) is 0 Å². The molecule has 1 heterocycles. The minimum Gasteiger partial charge on any atom is -0.478 e. The molecular formula is C28H27N3O3. The van der Waals surface area contributed by atoms with Gasteiger partial charge in [0.25, 0.3) is 0 Å². The number of hydrogen-bond acceptors (Lipinski definition) is 4. The lowest BCUT2D eigenvalue weighted by molar-refractivity contribution is 0.0697. The molecule has 0 saturated heterocycles. The first-order valence-corrected chi connectivity index (χ1v) is 11.2. The summed E-state index contributed by atoms with van der Waals surface area (Å²) in [4.78, 5) is 29.0. The Labute approximate surface area is 198 Å². The number of carboxylic acids is 1. The van der Waals surface area contributed by atoms with Gasteiger partial charge in [0.05, 0.1) is 11.1 Å². The van der Waals surface area contributed by atoms with E-state index in [4.69, 9.17) is 0 Å². The van der Waals surface area contributed by atoms with Crippen LogP contribution in [0.1, 0.15) is 58.7 Å². The van der Waals surface area contributed by atoms with Crippen molar-refractivity contribution >= 4 is 11.8 Å². The van der Waals surface area contributed by atoms with E-state index in [0.717, 1.165) is 16.7 Å². The molecule has 6 heteroatoms. The Morgan fingerprint density at radius 2 is 1.50 bits per heavy atom. The van der Waals surface area contributed by atoms with Gasteiger partial charge in [0, 0.05) is 12.8 Å². The number of aromatic nitrogens is 3. The highest BCUT2D eigenvalue weighted by Gasteiger charge is 2.24. The molecule has 6 nitrogen and oxygen atoms in total. The largest absolute Gasteiger partial charge is 0.478 e. The molecular weight excluding hydrogens is 426 g/mol. The SMILES string of the molecule is CC(C)(C)n1nc(C(=O)Cc2ccccc2)nc1Cc1ccc(-c2ccccc2C(=O)O)cc1. The Balaban J connectivity index is 1.60. The molecule has 0 amide bonds. The van der Waals surface area contributed by atoms with Gasteiger partial charge in [-0.3, -0.25) is 4.79 Å². The van der Waals surface area contributed by atoms with Crippen molar-refractivity contribution < 1.29 is 14.7 Å². The van der Waals surface area contributed by atoms with E-state index in [2.05, 4.69) is 10.1 Å². The van der Waals surface area contributed by atoms with Crippen LogP contribution in [0.25, 0.3) is 11.1 Å². The molecule has 4 rings (SSSR count). The van der Waals surface area contributed by atoms with Crippen LogP contribution < -0.4 is 0 Å². The molecule has 34 heavy (non-hydrogen) atoms. The average molecular weight is 454 g/mol. The van der Waals surface area contributed by atoms with Gasteiger partial charge in [-0.25, -0.2) is 14.5 Å². The van der Waals surface area contributed by atoms with E-state index in [1.165, 1.54) is 0 Å². The van der Waals surface area contributed by atoms with Gasteiger partial charge in [-0.1, -0.05) is 72.8 Å². The van der Waals surface area contributed by atoms with Gasteiger partial charge in [-0.2, -0.15) is 0 Å². The van der Waals surface area contributed by atoms with Crippen molar-refractivity contribution in [2.45, 2.75) is 39.2 Å². The van der Waals surface area contributed by atoms with Crippen LogP contribution in [0.15, 0.2) is 78.9 Å². The fraction of sp³-hybridized carbons (Fsp3) is 0.214. The third kappa shape index (κ3) is 5.12. The van der Waals surface area contributed by atoms with Gasteiger partial charge in [0.1, 0.15) is 5.82 Å². The number of benzene rings is 3. The molecule has 0 bridgehead atoms. The van der Waals surface area contributed by atoms with Gasteiger partial charge in [-0.05, 0) is 49.1 Å². The zero-order valence-corrected chi connectivity index (χ0v) is 19.5. The van der Waals surface area contributed by atoms with Gasteiger partial charge >= 0.3 is 5.97 Å². The zero-order valence-electron chi connectivity index (χ0n) is 19.5. The maximum absolute atomic E-state index is 12.9. The standard InChI is InChI=1S/C28H27N3O3/c1-28(2,3)31-25(29-26(30-31)24(32)17-19-9-5-4-6-10-19)18-20-13-15-21(16-14-20)22-11-7-8-12-23(22)27(33)34/h4-16H,17-18H2,1-3H3,(H,33,34). The first-order chi connectivity index (χ1) is 16.2. The topological polar surface area (TPSA) is 85.1 Å². The summed E-state index contributed by atoms with van der Waals surface area (Å²) in [7, 11) is 0. The summed E-state index contributed by atoms with van der Waals surface area (Å²) < 4.78 is 1.82. The smallest absolute Gasteiger partial charge is 0.336 e. The number of ketones is 1. The molecule has 0 unspecified atom stereocenters. The van der Waals surface area contributed by atoms with Gasteiger partial charge in [-0.15, -0.1) is 5.10 Å². The molecule has 0 spiro atoms. The average Bonchev–Trinajstić information content (AvgIpc) is 3.25. The summed E-state index contributed by atoms with van der Waals surface area (Å²) in [5, 5.41) is 14.0. The van der Waals surface area contributed by atoms with Crippen LogP contribution in [0, 0.1) is 0 Å². The number of nitrogens with zero attached hydrogens (tertiary/aromatic N) is 3. The van der Waals surface area contributed by atoms with Gasteiger partial charge < -0.3 is 5.11 Å². The second-order valence-electron chi connectivity index (χ2n) is 9.24. The number of carbonyl (C=O) groups excluding carboxylic acids is 1. The lowest BCUT2D eigenvalue weighted by Crippen LogP contribution is -2.26. The van der Waals surface area contributed by atoms with Crippen molar-refractivity contribution in [3.63, 3.8) is 0 Å². The molecule has 172 valence electrons. The summed E-state index contributed by atoms with van der Waals surface area (Å²) in [5.74, 6) is -0.134. The Morgan fingerprint density at radius 3 is 2.15 bits per heavy atom. The van der Waals surface area contributed by atoms with Crippen LogP contribution >= 0.6 is 0 Å². The van der Waals surface area contributed by atoms with E-state index >= 15 is 0 Å². The minimum atomic E-state index is -0.953. The number of aromatic carboxylic acids is 1. The third-order valence-corrected chi connectivity index (χ3v) is 5.55. The fourth-order valence-corrected chi connectivity index (χ4v) is 3.88. The van der Waals surface area contributed by atoms with E-state index in [9.17, 15) is 14.7 Å². The molecule has 0 fully saturated rings. The van der Waals surface area contributed by atoms with Crippen molar-refractivity contribution in [3.05, 3.63) is 107 Å². The van der Waals surface area contributed by atoms with Crippen LogP contribution in [-0.2, 0) is 18.4 Å². The molecule has 0 aliphatic carbocycles. The number of Topliss-reactive ketones (excluding diaryl/α,β-unsaturated/α-hetero) is 1. The number of hydrogen-bond donors (Lipinski definition) is 1. The van der Waals surface area contributed by atoms with Crippen LogP contribution in [0.3, 0.4) is 0 Å². The molecule has 0 aliphatic rings. The molecule has 0 radical (unpaired) electrons. The lowest BCUT2D eigenvalue weighted by atomic mass is 9.98. The van der Waals surface area contributed by atoms with Crippen LogP contribution in [0.2, 0.25) is 0 Å². The summed E-state index contributed by atoms with van der Waals surface area (Å²) >= 11 is 0. The third-order valence-electron chi connectivity index (χ3n) is 5.55. The highest BCUT2D eigenvalue weighted by molar-refractivity contribution is 5.96. The maximum atomic E-state index is 12.9. The number of rotatable bonds is 7. The van der Waals surface area contributed by atoms with E-state index in [1.807, 2.05) is 86.1 Å². The molecule has 0 atom stereocenters. The fourth-order valence-electron chi connectivity index (χ4n) is 3.88. The second kappa shape index (κ2) is 9.43. The summed E-state index contributed by atoms with van der Waals surface area (Å²) in [6.45, 7) is 6.09. The maximum Gasteiger partial charge on any atom is 0.336 e. The predicted molar refractivity (Wildman–Crippen MR) is 131 cm³/mol. The van der Waals surface area contributed by atoms with E-state index in [1.54, 1.807) is 18.2 Å². The quantitative estimate of drug-likeness (QED) is 0.378. The second-order valence-corrected chi connectivity index (χ2v) is 9.24. The highest BCUT2D eigenvalue weighted by Crippen LogP contribution is 2.25. The minimum absolute atomic E-state index is 0.115. The Bertz CT molecular complexity index is 1320. The molecule has 1 N–H and O–H groups in total. The zero-order chi connectivity index (χ0) is 24.3. The summed E-state index contributed by atoms with van der Waals surface area (Å²) in [5.41, 5.74) is 3.36. The Hall–Kier alpha value is -4.06. The first kappa shape index (κ1) is 23.1. The van der Waals surface area contributed by atoms with Crippen molar-refractivity contribution in [1.82, 2.24) is 14.8 Å². The highest BCUT2D eigenvalue weighted by atomic mass is 16.4. The summed E-state index contributed by atoms with van der Waals surface area (Å²) in [6, 6.07) is 24.3. The Morgan fingerprint density at radius 1 is 0.853 bits per heavy atom. The van der Waals surface area contributed by atoms with E-state index in [0.29, 0.717) is 17.8 Å². The van der Waals surface area contributed by atoms with Gasteiger partial charge in [0.2, 0.25) is 11.6 Å². The molecule has 0 aliphatic heterocycles.